The lowest BCUT2D eigenvalue weighted by Gasteiger charge is -2.21. The van der Waals surface area contributed by atoms with Gasteiger partial charge in [-0.2, -0.15) is 0 Å². The summed E-state index contributed by atoms with van der Waals surface area (Å²) < 4.78 is 16.0. The van der Waals surface area contributed by atoms with Gasteiger partial charge in [-0.1, -0.05) is 18.2 Å². The largest absolute Gasteiger partial charge is 0.497 e. The molecule has 0 radical (unpaired) electrons. The summed E-state index contributed by atoms with van der Waals surface area (Å²) in [6.07, 6.45) is 0.0188. The first-order valence-electron chi connectivity index (χ1n) is 10.6. The highest BCUT2D eigenvalue weighted by Gasteiger charge is 2.29. The molecule has 4 rings (SSSR count). The van der Waals surface area contributed by atoms with Gasteiger partial charge >= 0.3 is 11.6 Å². The molecule has 0 aliphatic carbocycles. The molecule has 1 aromatic heterocycles. The Hall–Kier alpha value is -3.61. The van der Waals surface area contributed by atoms with E-state index in [-0.39, 0.29) is 18.7 Å². The van der Waals surface area contributed by atoms with Crippen LogP contribution in [-0.4, -0.2) is 31.6 Å². The SMILES string of the molecule is COc1ccc2c(C)c(CCC(=O)O[C@H](C)C(=O)N3CCc4ccccc43)c(=O)oc2c1. The summed E-state index contributed by atoms with van der Waals surface area (Å²) in [5.74, 6) is -0.193. The molecular weight excluding hydrogens is 410 g/mol. The monoisotopic (exact) mass is 435 g/mol. The van der Waals surface area contributed by atoms with E-state index in [9.17, 15) is 14.4 Å². The third kappa shape index (κ3) is 4.10. The number of methoxy groups -OCH3 is 1. The molecule has 0 unspecified atom stereocenters. The summed E-state index contributed by atoms with van der Waals surface area (Å²) >= 11 is 0. The fourth-order valence-electron chi connectivity index (χ4n) is 4.11. The lowest BCUT2D eigenvalue weighted by atomic mass is 10.0. The van der Waals surface area contributed by atoms with Crippen LogP contribution in [0.4, 0.5) is 5.69 Å². The normalized spacial score (nSPS) is 13.7. The number of carbonyl (C=O) groups is 2. The van der Waals surface area contributed by atoms with Crippen LogP contribution in [0.15, 0.2) is 51.7 Å². The summed E-state index contributed by atoms with van der Waals surface area (Å²) in [7, 11) is 1.54. The Bertz CT molecular complexity index is 1240. The molecule has 1 atom stereocenters. The molecule has 0 spiro atoms. The van der Waals surface area contributed by atoms with E-state index in [1.807, 2.05) is 37.3 Å². The number of para-hydroxylation sites is 1. The van der Waals surface area contributed by atoms with Gasteiger partial charge in [0.05, 0.1) is 7.11 Å². The number of hydrogen-bond donors (Lipinski definition) is 0. The van der Waals surface area contributed by atoms with Crippen LogP contribution in [0, 0.1) is 6.92 Å². The molecule has 2 aromatic carbocycles. The van der Waals surface area contributed by atoms with Gasteiger partial charge in [-0.15, -0.1) is 0 Å². The second-order valence-corrected chi connectivity index (χ2v) is 7.86. The topological polar surface area (TPSA) is 86.0 Å². The predicted molar refractivity (Wildman–Crippen MR) is 120 cm³/mol. The van der Waals surface area contributed by atoms with E-state index >= 15 is 0 Å². The third-order valence-corrected chi connectivity index (χ3v) is 5.88. The van der Waals surface area contributed by atoms with E-state index in [1.165, 1.54) is 0 Å². The Kier molecular flexibility index (Phi) is 5.99. The highest BCUT2D eigenvalue weighted by atomic mass is 16.5. The molecule has 7 nitrogen and oxygen atoms in total. The van der Waals surface area contributed by atoms with E-state index < -0.39 is 17.7 Å². The van der Waals surface area contributed by atoms with E-state index in [0.717, 1.165) is 28.6 Å². The van der Waals surface area contributed by atoms with Gasteiger partial charge in [-0.05, 0) is 56.0 Å². The lowest BCUT2D eigenvalue weighted by molar-refractivity contribution is -0.153. The third-order valence-electron chi connectivity index (χ3n) is 5.88. The average Bonchev–Trinajstić information content (AvgIpc) is 3.22. The minimum Gasteiger partial charge on any atom is -0.497 e. The first-order valence-corrected chi connectivity index (χ1v) is 10.6. The summed E-state index contributed by atoms with van der Waals surface area (Å²) in [5.41, 5.74) is 3.09. The molecule has 1 aliphatic rings. The number of carbonyl (C=O) groups excluding carboxylic acids is 2. The van der Waals surface area contributed by atoms with Crippen molar-refractivity contribution < 1.29 is 23.5 Å². The van der Waals surface area contributed by atoms with Gasteiger partial charge < -0.3 is 18.8 Å². The van der Waals surface area contributed by atoms with Crippen LogP contribution in [0.3, 0.4) is 0 Å². The number of rotatable bonds is 6. The highest BCUT2D eigenvalue weighted by molar-refractivity contribution is 5.99. The number of ether oxygens (including phenoxy) is 2. The first-order chi connectivity index (χ1) is 15.4. The number of amides is 1. The molecule has 2 heterocycles. The molecule has 166 valence electrons. The average molecular weight is 435 g/mol. The molecule has 1 aliphatic heterocycles. The van der Waals surface area contributed by atoms with Gasteiger partial charge in [-0.3, -0.25) is 9.59 Å². The lowest BCUT2D eigenvalue weighted by Crippen LogP contribution is -2.39. The molecule has 0 saturated carbocycles. The van der Waals surface area contributed by atoms with Gasteiger partial charge in [0, 0.05) is 35.7 Å². The van der Waals surface area contributed by atoms with E-state index in [4.69, 9.17) is 13.9 Å². The number of anilines is 1. The zero-order valence-corrected chi connectivity index (χ0v) is 18.3. The summed E-state index contributed by atoms with van der Waals surface area (Å²) in [6, 6.07) is 13.0. The Morgan fingerprint density at radius 1 is 1.19 bits per heavy atom. The number of aryl methyl sites for hydroxylation is 1. The first kappa shape index (κ1) is 21.6. The minimum atomic E-state index is -0.907. The van der Waals surface area contributed by atoms with Crippen LogP contribution < -0.4 is 15.3 Å². The molecule has 7 heteroatoms. The van der Waals surface area contributed by atoms with Crippen molar-refractivity contribution in [3.63, 3.8) is 0 Å². The highest BCUT2D eigenvalue weighted by Crippen LogP contribution is 2.28. The molecule has 0 bridgehead atoms. The van der Waals surface area contributed by atoms with Crippen LogP contribution in [0.5, 0.6) is 5.75 Å². The zero-order valence-electron chi connectivity index (χ0n) is 18.3. The second-order valence-electron chi connectivity index (χ2n) is 7.86. The van der Waals surface area contributed by atoms with Gasteiger partial charge in [0.15, 0.2) is 6.10 Å². The van der Waals surface area contributed by atoms with Crippen molar-refractivity contribution in [1.29, 1.82) is 0 Å². The number of hydrogen-bond acceptors (Lipinski definition) is 6. The molecular formula is C25H25NO6. The zero-order chi connectivity index (χ0) is 22.8. The van der Waals surface area contributed by atoms with Gasteiger partial charge in [0.1, 0.15) is 11.3 Å². The minimum absolute atomic E-state index is 0.0263. The van der Waals surface area contributed by atoms with Crippen molar-refractivity contribution in [2.24, 2.45) is 0 Å². The van der Waals surface area contributed by atoms with Crippen LogP contribution in [0.1, 0.15) is 30.0 Å². The fraction of sp³-hybridized carbons (Fsp3) is 0.320. The van der Waals surface area contributed by atoms with Crippen molar-refractivity contribution in [2.75, 3.05) is 18.6 Å². The summed E-state index contributed by atoms with van der Waals surface area (Å²) in [5, 5.41) is 0.782. The Balaban J connectivity index is 1.41. The van der Waals surface area contributed by atoms with E-state index in [0.29, 0.717) is 23.4 Å². The summed E-state index contributed by atoms with van der Waals surface area (Å²) in [6.45, 7) is 3.97. The van der Waals surface area contributed by atoms with Crippen LogP contribution in [-0.2, 0) is 27.2 Å². The Labute approximate surface area is 185 Å². The second kappa shape index (κ2) is 8.86. The number of nitrogens with zero attached hydrogens (tertiary/aromatic N) is 1. The smallest absolute Gasteiger partial charge is 0.339 e. The fourth-order valence-corrected chi connectivity index (χ4v) is 4.11. The number of fused-ring (bicyclic) bond motifs is 2. The van der Waals surface area contributed by atoms with Crippen LogP contribution >= 0.6 is 0 Å². The van der Waals surface area contributed by atoms with E-state index in [1.54, 1.807) is 31.1 Å². The van der Waals surface area contributed by atoms with Gasteiger partial charge in [0.25, 0.3) is 5.91 Å². The Morgan fingerprint density at radius 2 is 1.97 bits per heavy atom. The number of benzene rings is 2. The van der Waals surface area contributed by atoms with Crippen LogP contribution in [0.25, 0.3) is 11.0 Å². The molecule has 0 fully saturated rings. The van der Waals surface area contributed by atoms with Crippen molar-refractivity contribution in [3.8, 4) is 5.75 Å². The maximum atomic E-state index is 12.8. The van der Waals surface area contributed by atoms with Gasteiger partial charge in [-0.25, -0.2) is 4.79 Å². The number of esters is 1. The molecule has 1 amide bonds. The van der Waals surface area contributed by atoms with Crippen molar-refractivity contribution in [2.45, 2.75) is 39.2 Å². The molecule has 0 N–H and O–H groups in total. The summed E-state index contributed by atoms with van der Waals surface area (Å²) in [4.78, 5) is 39.3. The quantitative estimate of drug-likeness (QED) is 0.435. The molecule has 32 heavy (non-hydrogen) atoms. The molecule has 3 aromatic rings. The predicted octanol–water partition coefficient (Wildman–Crippen LogP) is 3.56. The van der Waals surface area contributed by atoms with E-state index in [2.05, 4.69) is 0 Å². The van der Waals surface area contributed by atoms with Crippen molar-refractivity contribution in [1.82, 2.24) is 0 Å². The maximum absolute atomic E-state index is 12.8. The Morgan fingerprint density at radius 3 is 2.75 bits per heavy atom. The molecule has 0 saturated heterocycles. The van der Waals surface area contributed by atoms with Gasteiger partial charge in [0.2, 0.25) is 0 Å². The standard InChI is InChI=1S/C25H25NO6/c1-15-19-9-8-18(30-3)14-22(19)32-25(29)20(15)10-11-23(27)31-16(2)24(28)26-13-12-17-6-4-5-7-21(17)26/h4-9,14,16H,10-13H2,1-3H3/t16-/m1/s1. The van der Waals surface area contributed by atoms with Crippen molar-refractivity contribution in [3.05, 3.63) is 69.6 Å². The van der Waals surface area contributed by atoms with Crippen molar-refractivity contribution >= 4 is 28.5 Å². The maximum Gasteiger partial charge on any atom is 0.339 e. The van der Waals surface area contributed by atoms with Crippen LogP contribution in [0.2, 0.25) is 0 Å².